The molecule has 0 aliphatic carbocycles. The Morgan fingerprint density at radius 1 is 1.12 bits per heavy atom. The molecule has 34 heavy (non-hydrogen) atoms. The summed E-state index contributed by atoms with van der Waals surface area (Å²) in [6.07, 6.45) is 6.58. The Bertz CT molecular complexity index is 1180. The van der Waals surface area contributed by atoms with E-state index in [0.717, 1.165) is 12.1 Å². The van der Waals surface area contributed by atoms with Crippen molar-refractivity contribution in [3.05, 3.63) is 82.8 Å². The second-order valence-corrected chi connectivity index (χ2v) is 7.14. The van der Waals surface area contributed by atoms with E-state index < -0.39 is 22.2 Å². The number of aromatic nitrogens is 8. The molecule has 0 saturated heterocycles. The van der Waals surface area contributed by atoms with Gasteiger partial charge in [0.25, 0.3) is 0 Å². The standard InChI is InChI=1S/C13H12F2N6O.C6H9N3O3/c14-10-1-2-11(12(15)3-10)13(22,4-20-8-16-6-18-20)5-21-9-17-7-19-21;1-5-7-4-6(9(11)12)8(5)2-3-10/h1-3,6-9,22H,4-5H2;4,10H,2-3H2,1H3. The zero-order valence-electron chi connectivity index (χ0n) is 17.9. The van der Waals surface area contributed by atoms with Crippen LogP contribution in [0, 0.1) is 28.7 Å². The van der Waals surface area contributed by atoms with Crippen LogP contribution >= 0.6 is 0 Å². The molecule has 180 valence electrons. The van der Waals surface area contributed by atoms with E-state index in [2.05, 4.69) is 25.1 Å². The van der Waals surface area contributed by atoms with Crippen molar-refractivity contribution in [2.24, 2.45) is 0 Å². The van der Waals surface area contributed by atoms with E-state index in [-0.39, 0.29) is 37.6 Å². The van der Waals surface area contributed by atoms with E-state index in [1.165, 1.54) is 51.5 Å². The van der Waals surface area contributed by atoms with Gasteiger partial charge in [0.15, 0.2) is 5.82 Å². The van der Waals surface area contributed by atoms with Crippen LogP contribution in [-0.2, 0) is 25.2 Å². The second kappa shape index (κ2) is 10.7. The molecule has 15 heteroatoms. The molecule has 0 spiro atoms. The van der Waals surface area contributed by atoms with Crippen molar-refractivity contribution in [2.45, 2.75) is 32.2 Å². The number of aliphatic hydroxyl groups is 2. The number of nitrogens with zero attached hydrogens (tertiary/aromatic N) is 9. The molecule has 4 aromatic rings. The summed E-state index contributed by atoms with van der Waals surface area (Å²) in [4.78, 5) is 21.2. The molecule has 2 N–H and O–H groups in total. The lowest BCUT2D eigenvalue weighted by Gasteiger charge is -2.28. The first-order valence-electron chi connectivity index (χ1n) is 9.83. The smallest absolute Gasteiger partial charge is 0.342 e. The Balaban J connectivity index is 0.000000229. The number of benzene rings is 1. The van der Waals surface area contributed by atoms with Gasteiger partial charge in [-0.05, 0) is 11.0 Å². The normalized spacial score (nSPS) is 11.2. The maximum atomic E-state index is 14.1. The predicted octanol–water partition coefficient (Wildman–Crippen LogP) is 0.828. The number of halogens is 2. The number of aryl methyl sites for hydroxylation is 1. The topological polar surface area (TPSA) is 163 Å². The van der Waals surface area contributed by atoms with Crippen LogP contribution in [-0.4, -0.2) is 60.8 Å². The van der Waals surface area contributed by atoms with Gasteiger partial charge >= 0.3 is 5.82 Å². The lowest BCUT2D eigenvalue weighted by Crippen LogP contribution is -2.37. The quantitative estimate of drug-likeness (QED) is 0.276. The monoisotopic (exact) mass is 477 g/mol. The minimum Gasteiger partial charge on any atom is -0.392 e. The number of hydrogen-bond acceptors (Lipinski definition) is 9. The van der Waals surface area contributed by atoms with Crippen molar-refractivity contribution in [3.63, 3.8) is 0 Å². The van der Waals surface area contributed by atoms with E-state index in [4.69, 9.17) is 5.11 Å². The summed E-state index contributed by atoms with van der Waals surface area (Å²) < 4.78 is 31.3. The van der Waals surface area contributed by atoms with Gasteiger partial charge in [-0.25, -0.2) is 37.7 Å². The molecule has 0 saturated carbocycles. The Morgan fingerprint density at radius 3 is 2.21 bits per heavy atom. The third-order valence-electron chi connectivity index (χ3n) is 4.76. The van der Waals surface area contributed by atoms with Crippen molar-refractivity contribution in [1.82, 2.24) is 39.1 Å². The summed E-state index contributed by atoms with van der Waals surface area (Å²) >= 11 is 0. The van der Waals surface area contributed by atoms with Crippen molar-refractivity contribution in [1.29, 1.82) is 0 Å². The number of aliphatic hydroxyl groups excluding tert-OH is 1. The number of imidazole rings is 1. The molecule has 13 nitrogen and oxygen atoms in total. The van der Waals surface area contributed by atoms with Crippen LogP contribution < -0.4 is 0 Å². The minimum atomic E-state index is -1.70. The maximum absolute atomic E-state index is 14.1. The van der Waals surface area contributed by atoms with Crippen LogP contribution in [0.15, 0.2) is 49.7 Å². The molecular weight excluding hydrogens is 456 g/mol. The van der Waals surface area contributed by atoms with Gasteiger partial charge in [0.05, 0.1) is 19.7 Å². The molecule has 0 atom stereocenters. The van der Waals surface area contributed by atoms with Gasteiger partial charge in [0, 0.05) is 18.6 Å². The van der Waals surface area contributed by atoms with E-state index in [1.54, 1.807) is 6.92 Å². The third kappa shape index (κ3) is 5.81. The summed E-state index contributed by atoms with van der Waals surface area (Å²) in [5.74, 6) is -1.11. The molecule has 0 radical (unpaired) electrons. The molecule has 0 amide bonds. The first kappa shape index (κ1) is 24.5. The summed E-state index contributed by atoms with van der Waals surface area (Å²) in [6.45, 7) is 1.59. The molecule has 0 fully saturated rings. The number of nitro groups is 1. The van der Waals surface area contributed by atoms with Crippen LogP contribution in [0.1, 0.15) is 11.4 Å². The average molecular weight is 477 g/mol. The van der Waals surface area contributed by atoms with Crippen LogP contribution in [0.3, 0.4) is 0 Å². The molecular formula is C19H21F2N9O4. The van der Waals surface area contributed by atoms with Crippen LogP contribution in [0.2, 0.25) is 0 Å². The molecule has 3 heterocycles. The summed E-state index contributed by atoms with van der Waals surface area (Å²) in [5.41, 5.74) is -1.75. The van der Waals surface area contributed by atoms with Crippen LogP contribution in [0.25, 0.3) is 0 Å². The molecule has 3 aromatic heterocycles. The van der Waals surface area contributed by atoms with Crippen molar-refractivity contribution >= 4 is 5.82 Å². The fourth-order valence-electron chi connectivity index (χ4n) is 3.23. The molecule has 4 rings (SSSR count). The predicted molar refractivity (Wildman–Crippen MR) is 111 cm³/mol. The lowest BCUT2D eigenvalue weighted by molar-refractivity contribution is -0.392. The lowest BCUT2D eigenvalue weighted by atomic mass is 9.93. The molecule has 0 bridgehead atoms. The van der Waals surface area contributed by atoms with Gasteiger partial charge in [-0.2, -0.15) is 10.2 Å². The Hall–Kier alpha value is -4.11. The zero-order chi connectivity index (χ0) is 24.7. The third-order valence-corrected chi connectivity index (χ3v) is 4.76. The van der Waals surface area contributed by atoms with Crippen molar-refractivity contribution < 1.29 is 23.9 Å². The summed E-state index contributed by atoms with van der Waals surface area (Å²) in [6, 6.07) is 3.02. The molecule has 1 aromatic carbocycles. The van der Waals surface area contributed by atoms with Gasteiger partial charge in [0.1, 0.15) is 55.3 Å². The fourth-order valence-corrected chi connectivity index (χ4v) is 3.23. The highest BCUT2D eigenvalue weighted by Crippen LogP contribution is 2.28. The highest BCUT2D eigenvalue weighted by atomic mass is 19.1. The van der Waals surface area contributed by atoms with Crippen molar-refractivity contribution in [3.8, 4) is 0 Å². The van der Waals surface area contributed by atoms with Crippen LogP contribution in [0.5, 0.6) is 0 Å². The van der Waals surface area contributed by atoms with E-state index in [1.807, 2.05) is 0 Å². The largest absolute Gasteiger partial charge is 0.392 e. The first-order valence-corrected chi connectivity index (χ1v) is 9.83. The number of rotatable bonds is 8. The van der Waals surface area contributed by atoms with Gasteiger partial charge in [-0.15, -0.1) is 0 Å². The average Bonchev–Trinajstić information content (AvgIpc) is 3.53. The zero-order valence-corrected chi connectivity index (χ0v) is 17.9. The summed E-state index contributed by atoms with van der Waals surface area (Å²) in [5, 5.41) is 37.7. The fraction of sp³-hybridized carbons (Fsp3) is 0.316. The number of hydrogen-bond donors (Lipinski definition) is 2. The van der Waals surface area contributed by atoms with Gasteiger partial charge < -0.3 is 20.3 Å². The molecule has 0 unspecified atom stereocenters. The first-order chi connectivity index (χ1) is 16.2. The Kier molecular flexibility index (Phi) is 7.70. The maximum Gasteiger partial charge on any atom is 0.342 e. The highest BCUT2D eigenvalue weighted by Gasteiger charge is 2.34. The Morgan fingerprint density at radius 2 is 1.74 bits per heavy atom. The SMILES string of the molecule is Cc1ncc([N+](=O)[O-])n1CCO.OC(Cn1cncn1)(Cn1cncn1)c1ccc(F)cc1F. The Labute approximate surface area is 191 Å². The van der Waals surface area contributed by atoms with Gasteiger partial charge in [-0.1, -0.05) is 6.07 Å². The van der Waals surface area contributed by atoms with E-state index >= 15 is 0 Å². The van der Waals surface area contributed by atoms with Crippen molar-refractivity contribution in [2.75, 3.05) is 6.61 Å². The minimum absolute atomic E-state index is 0.0556. The van der Waals surface area contributed by atoms with E-state index in [9.17, 15) is 24.0 Å². The highest BCUT2D eigenvalue weighted by molar-refractivity contribution is 5.25. The van der Waals surface area contributed by atoms with Crippen LogP contribution in [0.4, 0.5) is 14.6 Å². The molecule has 0 aliphatic heterocycles. The second-order valence-electron chi connectivity index (χ2n) is 7.14. The van der Waals surface area contributed by atoms with Gasteiger partial charge in [-0.3, -0.25) is 0 Å². The summed E-state index contributed by atoms with van der Waals surface area (Å²) in [7, 11) is 0. The molecule has 0 aliphatic rings. The van der Waals surface area contributed by atoms with E-state index in [0.29, 0.717) is 5.82 Å². The van der Waals surface area contributed by atoms with Gasteiger partial charge in [0.2, 0.25) is 0 Å².